The largest absolute Gasteiger partial charge is 0.497 e. The molecule has 36 heavy (non-hydrogen) atoms. The second-order valence-corrected chi connectivity index (χ2v) is 8.82. The maximum absolute atomic E-state index is 14.0. The minimum Gasteiger partial charge on any atom is -0.497 e. The van der Waals surface area contributed by atoms with E-state index < -0.39 is 0 Å². The molecule has 0 atom stereocenters. The van der Waals surface area contributed by atoms with E-state index in [1.807, 2.05) is 69.3 Å². The third kappa shape index (κ3) is 5.54. The van der Waals surface area contributed by atoms with Gasteiger partial charge in [-0.2, -0.15) is 0 Å². The Morgan fingerprint density at radius 3 is 2.17 bits per heavy atom. The zero-order chi connectivity index (χ0) is 25.5. The summed E-state index contributed by atoms with van der Waals surface area (Å²) in [5, 5.41) is 0.594. The average molecular weight is 507 g/mol. The normalized spacial score (nSPS) is 10.8. The lowest BCUT2D eigenvalue weighted by Crippen LogP contribution is -2.30. The summed E-state index contributed by atoms with van der Waals surface area (Å²) >= 11 is 1.46. The van der Waals surface area contributed by atoms with Gasteiger partial charge in [0, 0.05) is 11.6 Å². The van der Waals surface area contributed by atoms with Crippen molar-refractivity contribution >= 4 is 32.6 Å². The fraction of sp³-hybridized carbons (Fsp3) is 0.286. The molecule has 0 aliphatic carbocycles. The van der Waals surface area contributed by atoms with Crippen LogP contribution in [0, 0.1) is 0 Å². The molecule has 4 aromatic rings. The SMILES string of the molecule is CCOc1cc(C(=O)N(Cc2ccccc2)c2nc3cc(OC)ccc3s2)cc(OCC)c1OCC. The zero-order valence-electron chi connectivity index (χ0n) is 20.9. The van der Waals surface area contributed by atoms with Crippen LogP contribution in [0.5, 0.6) is 23.0 Å². The van der Waals surface area contributed by atoms with E-state index >= 15 is 0 Å². The third-order valence-corrected chi connectivity index (χ3v) is 6.46. The molecule has 0 N–H and O–H groups in total. The first-order valence-electron chi connectivity index (χ1n) is 11.9. The van der Waals surface area contributed by atoms with Crippen LogP contribution in [0.2, 0.25) is 0 Å². The molecular weight excluding hydrogens is 476 g/mol. The topological polar surface area (TPSA) is 70.1 Å². The number of hydrogen-bond acceptors (Lipinski definition) is 7. The smallest absolute Gasteiger partial charge is 0.260 e. The number of carbonyl (C=O) groups excluding carboxylic acids is 1. The zero-order valence-corrected chi connectivity index (χ0v) is 21.8. The van der Waals surface area contributed by atoms with Crippen molar-refractivity contribution < 1.29 is 23.7 Å². The van der Waals surface area contributed by atoms with E-state index in [0.717, 1.165) is 21.5 Å². The van der Waals surface area contributed by atoms with Crippen LogP contribution in [0.1, 0.15) is 36.7 Å². The Kier molecular flexibility index (Phi) is 8.28. The Hall–Kier alpha value is -3.78. The molecule has 7 nitrogen and oxygen atoms in total. The van der Waals surface area contributed by atoms with Gasteiger partial charge in [0.15, 0.2) is 16.6 Å². The molecule has 0 fully saturated rings. The summed E-state index contributed by atoms with van der Waals surface area (Å²) in [7, 11) is 1.62. The molecule has 188 valence electrons. The lowest BCUT2D eigenvalue weighted by molar-refractivity contribution is 0.0984. The molecule has 8 heteroatoms. The Bertz CT molecular complexity index is 1300. The molecule has 0 saturated heterocycles. The number of ether oxygens (including phenoxy) is 4. The highest BCUT2D eigenvalue weighted by atomic mass is 32.1. The van der Waals surface area contributed by atoms with Gasteiger partial charge >= 0.3 is 0 Å². The van der Waals surface area contributed by atoms with Gasteiger partial charge < -0.3 is 18.9 Å². The minimum atomic E-state index is -0.213. The Labute approximate surface area is 215 Å². The van der Waals surface area contributed by atoms with Crippen LogP contribution in [0.4, 0.5) is 5.13 Å². The molecule has 0 unspecified atom stereocenters. The van der Waals surface area contributed by atoms with Crippen LogP contribution in [0.15, 0.2) is 60.7 Å². The van der Waals surface area contributed by atoms with Crippen LogP contribution < -0.4 is 23.8 Å². The molecule has 3 aromatic carbocycles. The van der Waals surface area contributed by atoms with Gasteiger partial charge in [-0.1, -0.05) is 41.7 Å². The molecule has 0 aliphatic rings. The van der Waals surface area contributed by atoms with Crippen LogP contribution >= 0.6 is 11.3 Å². The van der Waals surface area contributed by atoms with E-state index in [9.17, 15) is 4.79 Å². The predicted octanol–water partition coefficient (Wildman–Crippen LogP) is 6.35. The average Bonchev–Trinajstić information content (AvgIpc) is 3.32. The number of thiazole rings is 1. The highest BCUT2D eigenvalue weighted by Crippen LogP contribution is 2.40. The number of hydrogen-bond donors (Lipinski definition) is 0. The fourth-order valence-corrected chi connectivity index (χ4v) is 4.74. The van der Waals surface area contributed by atoms with Crippen molar-refractivity contribution in [1.82, 2.24) is 4.98 Å². The van der Waals surface area contributed by atoms with E-state index in [1.165, 1.54) is 11.3 Å². The van der Waals surface area contributed by atoms with Crippen molar-refractivity contribution in [3.8, 4) is 23.0 Å². The number of methoxy groups -OCH3 is 1. The standard InChI is InChI=1S/C28H30N2O5S/c1-5-33-23-15-20(16-24(34-6-2)26(23)35-7-3)27(31)30(18-19-11-9-8-10-12-19)28-29-22-17-21(32-4)13-14-25(22)36-28/h8-17H,5-7,18H2,1-4H3. The van der Waals surface area contributed by atoms with Crippen LogP contribution in [-0.2, 0) is 6.54 Å². The Balaban J connectivity index is 1.81. The first-order chi connectivity index (χ1) is 17.6. The summed E-state index contributed by atoms with van der Waals surface area (Å²) in [6, 6.07) is 19.0. The van der Waals surface area contributed by atoms with Gasteiger partial charge in [-0.3, -0.25) is 9.69 Å². The van der Waals surface area contributed by atoms with Gasteiger partial charge in [0.25, 0.3) is 5.91 Å². The van der Waals surface area contributed by atoms with Crippen molar-refractivity contribution in [3.63, 3.8) is 0 Å². The maximum atomic E-state index is 14.0. The number of rotatable bonds is 11. The quantitative estimate of drug-likeness (QED) is 0.236. The number of benzene rings is 3. The molecule has 1 heterocycles. The lowest BCUT2D eigenvalue weighted by Gasteiger charge is -2.22. The van der Waals surface area contributed by atoms with Crippen LogP contribution in [0.3, 0.4) is 0 Å². The first kappa shape index (κ1) is 25.3. The van der Waals surface area contributed by atoms with Crippen molar-refractivity contribution in [1.29, 1.82) is 0 Å². The van der Waals surface area contributed by atoms with Gasteiger partial charge in [0.05, 0.1) is 43.7 Å². The number of nitrogens with zero attached hydrogens (tertiary/aromatic N) is 2. The van der Waals surface area contributed by atoms with Crippen molar-refractivity contribution in [2.75, 3.05) is 31.8 Å². The molecule has 0 aliphatic heterocycles. The van der Waals surface area contributed by atoms with Crippen molar-refractivity contribution in [2.45, 2.75) is 27.3 Å². The monoisotopic (exact) mass is 506 g/mol. The van der Waals surface area contributed by atoms with Crippen molar-refractivity contribution in [2.24, 2.45) is 0 Å². The summed E-state index contributed by atoms with van der Waals surface area (Å²) in [6.45, 7) is 7.34. The third-order valence-electron chi connectivity index (χ3n) is 5.40. The molecule has 1 amide bonds. The van der Waals surface area contributed by atoms with E-state index in [2.05, 4.69) is 0 Å². The highest BCUT2D eigenvalue weighted by Gasteiger charge is 2.25. The first-order valence-corrected chi connectivity index (χ1v) is 12.8. The summed E-state index contributed by atoms with van der Waals surface area (Å²) in [5.41, 5.74) is 2.19. The van der Waals surface area contributed by atoms with Gasteiger partial charge in [-0.25, -0.2) is 4.98 Å². The van der Waals surface area contributed by atoms with Crippen LogP contribution in [0.25, 0.3) is 10.2 Å². The lowest BCUT2D eigenvalue weighted by atomic mass is 10.1. The van der Waals surface area contributed by atoms with E-state index in [0.29, 0.717) is 54.3 Å². The van der Waals surface area contributed by atoms with Crippen LogP contribution in [-0.4, -0.2) is 37.8 Å². The Morgan fingerprint density at radius 2 is 1.56 bits per heavy atom. The second kappa shape index (κ2) is 11.8. The molecule has 0 saturated carbocycles. The van der Waals surface area contributed by atoms with Gasteiger partial charge in [-0.15, -0.1) is 0 Å². The van der Waals surface area contributed by atoms with Gasteiger partial charge in [-0.05, 0) is 50.6 Å². The second-order valence-electron chi connectivity index (χ2n) is 7.81. The Morgan fingerprint density at radius 1 is 0.889 bits per heavy atom. The predicted molar refractivity (Wildman–Crippen MR) is 143 cm³/mol. The molecule has 0 spiro atoms. The molecule has 0 radical (unpaired) electrons. The molecule has 4 rings (SSSR count). The van der Waals surface area contributed by atoms with Gasteiger partial charge in [0.2, 0.25) is 5.75 Å². The van der Waals surface area contributed by atoms with E-state index in [1.54, 1.807) is 24.1 Å². The fourth-order valence-electron chi connectivity index (χ4n) is 3.80. The number of aromatic nitrogens is 1. The van der Waals surface area contributed by atoms with E-state index in [-0.39, 0.29) is 5.91 Å². The minimum absolute atomic E-state index is 0.213. The molecule has 0 bridgehead atoms. The summed E-state index contributed by atoms with van der Waals surface area (Å²) in [4.78, 5) is 20.5. The van der Waals surface area contributed by atoms with Crippen molar-refractivity contribution in [3.05, 3.63) is 71.8 Å². The molecule has 1 aromatic heterocycles. The van der Waals surface area contributed by atoms with E-state index in [4.69, 9.17) is 23.9 Å². The maximum Gasteiger partial charge on any atom is 0.260 e. The summed E-state index contributed by atoms with van der Waals surface area (Å²) in [5.74, 6) is 1.95. The van der Waals surface area contributed by atoms with Gasteiger partial charge in [0.1, 0.15) is 5.75 Å². The summed E-state index contributed by atoms with van der Waals surface area (Å²) < 4.78 is 23.8. The number of fused-ring (bicyclic) bond motifs is 1. The number of anilines is 1. The molecular formula is C28H30N2O5S. The summed E-state index contributed by atoms with van der Waals surface area (Å²) in [6.07, 6.45) is 0. The number of amides is 1. The number of carbonyl (C=O) groups is 1. The highest BCUT2D eigenvalue weighted by molar-refractivity contribution is 7.22.